The van der Waals surface area contributed by atoms with Gasteiger partial charge in [-0.1, -0.05) is 11.3 Å². The minimum atomic E-state index is -4.81. The van der Waals surface area contributed by atoms with Gasteiger partial charge in [0.25, 0.3) is 0 Å². The second-order valence-corrected chi connectivity index (χ2v) is 9.62. The molecule has 0 spiro atoms. The number of carbonyl (C=O) groups excluding carboxylic acids is 2. The average Bonchev–Trinajstić information content (AvgIpc) is 3.59. The van der Waals surface area contributed by atoms with Gasteiger partial charge in [0.1, 0.15) is 11.5 Å². The monoisotopic (exact) mass is 592 g/mol. The van der Waals surface area contributed by atoms with Gasteiger partial charge in [-0.25, -0.2) is 19.6 Å². The number of hydrogen-bond acceptors (Lipinski definition) is 10. The maximum absolute atomic E-state index is 12.5. The van der Waals surface area contributed by atoms with E-state index < -0.39 is 24.2 Å². The molecule has 1 aliphatic rings. The van der Waals surface area contributed by atoms with Crippen LogP contribution in [0.25, 0.3) is 21.6 Å². The van der Waals surface area contributed by atoms with Gasteiger partial charge in [0.2, 0.25) is 0 Å². The molecule has 216 valence electrons. The van der Waals surface area contributed by atoms with E-state index in [1.54, 1.807) is 6.07 Å². The molecular formula is C24H23F3N8O5S. The molecule has 17 heteroatoms. The van der Waals surface area contributed by atoms with Crippen molar-refractivity contribution >= 4 is 45.3 Å². The van der Waals surface area contributed by atoms with Crippen molar-refractivity contribution in [1.29, 1.82) is 0 Å². The number of alkyl halides is 3. The minimum Gasteiger partial charge on any atom is -0.409 e. The molecule has 5 rings (SSSR count). The van der Waals surface area contributed by atoms with E-state index in [2.05, 4.69) is 45.8 Å². The molecule has 0 radical (unpaired) electrons. The molecule has 0 saturated carbocycles. The maximum atomic E-state index is 12.5. The number of anilines is 2. The first-order valence-electron chi connectivity index (χ1n) is 12.2. The molecule has 0 unspecified atom stereocenters. The van der Waals surface area contributed by atoms with E-state index in [1.165, 1.54) is 24.5 Å². The summed E-state index contributed by atoms with van der Waals surface area (Å²) in [5.74, 6) is -0.176. The molecule has 0 bridgehead atoms. The van der Waals surface area contributed by atoms with Crippen molar-refractivity contribution in [3.8, 4) is 22.1 Å². The zero-order valence-corrected chi connectivity index (χ0v) is 22.0. The lowest BCUT2D eigenvalue weighted by atomic mass is 10.2. The largest absolute Gasteiger partial charge is 0.573 e. The number of nitrogens with zero attached hydrogens (tertiary/aromatic N) is 4. The number of aromatic nitrogens is 4. The van der Waals surface area contributed by atoms with Gasteiger partial charge in [0.05, 0.1) is 35.4 Å². The second-order valence-electron chi connectivity index (χ2n) is 8.59. The van der Waals surface area contributed by atoms with Crippen molar-refractivity contribution < 1.29 is 37.0 Å². The summed E-state index contributed by atoms with van der Waals surface area (Å²) in [5.41, 5.74) is 1.05. The number of thiazole rings is 1. The fraction of sp³-hybridized carbons (Fsp3) is 0.292. The molecule has 1 fully saturated rings. The number of fused-ring (bicyclic) bond motifs is 1. The van der Waals surface area contributed by atoms with Gasteiger partial charge in [-0.05, 0) is 24.3 Å². The van der Waals surface area contributed by atoms with Gasteiger partial charge < -0.3 is 24.8 Å². The van der Waals surface area contributed by atoms with Crippen molar-refractivity contribution in [3.63, 3.8) is 0 Å². The lowest BCUT2D eigenvalue weighted by Gasteiger charge is -2.26. The minimum absolute atomic E-state index is 0.226. The van der Waals surface area contributed by atoms with Crippen LogP contribution in [0.4, 0.5) is 33.6 Å². The molecule has 13 nitrogen and oxygen atoms in total. The summed E-state index contributed by atoms with van der Waals surface area (Å²) in [6, 6.07) is 5.58. The summed E-state index contributed by atoms with van der Waals surface area (Å²) in [6.07, 6.45) is -2.46. The number of pyridine rings is 1. The van der Waals surface area contributed by atoms with Gasteiger partial charge >= 0.3 is 18.5 Å². The van der Waals surface area contributed by atoms with Crippen molar-refractivity contribution in [3.05, 3.63) is 42.7 Å². The van der Waals surface area contributed by atoms with E-state index in [4.69, 9.17) is 9.47 Å². The Kier molecular flexibility index (Phi) is 8.46. The third-order valence-electron chi connectivity index (χ3n) is 5.71. The number of benzene rings is 1. The standard InChI is InChI=1S/C24H23F3N8O5S/c25-24(26,27)40-15-3-1-14(2-4-15)31-21(36)33-22-29-13-19(41-22)17-11-18(16-12-30-34-20(16)32-17)39-23(37)28-5-6-35-7-9-38-10-8-35/h1-4,11-13H,5-10H2,(H,28,37)(H,30,32,34)(H2,29,31,33,36). The predicted octanol–water partition coefficient (Wildman–Crippen LogP) is 4.04. The highest BCUT2D eigenvalue weighted by Crippen LogP contribution is 2.33. The molecule has 3 aromatic heterocycles. The zero-order valence-electron chi connectivity index (χ0n) is 21.2. The highest BCUT2D eigenvalue weighted by atomic mass is 32.1. The number of rotatable bonds is 8. The SMILES string of the molecule is O=C(Nc1ccc(OC(F)(F)F)cc1)Nc1ncc(-c2cc(OC(=O)NCCN3CCOCC3)c3cn[nH]c3n2)s1. The van der Waals surface area contributed by atoms with E-state index in [9.17, 15) is 22.8 Å². The summed E-state index contributed by atoms with van der Waals surface area (Å²) in [6.45, 7) is 4.02. The van der Waals surface area contributed by atoms with Crippen molar-refractivity contribution in [1.82, 2.24) is 30.4 Å². The van der Waals surface area contributed by atoms with Crippen LogP contribution >= 0.6 is 11.3 Å². The van der Waals surface area contributed by atoms with Gasteiger partial charge in [-0.3, -0.25) is 15.3 Å². The van der Waals surface area contributed by atoms with Crippen molar-refractivity contribution in [2.45, 2.75) is 6.36 Å². The summed E-state index contributed by atoms with van der Waals surface area (Å²) < 4.78 is 51.6. The Morgan fingerprint density at radius 3 is 2.66 bits per heavy atom. The maximum Gasteiger partial charge on any atom is 0.573 e. The molecule has 0 aliphatic carbocycles. The lowest BCUT2D eigenvalue weighted by molar-refractivity contribution is -0.274. The Hall–Kier alpha value is -4.48. The normalized spacial score (nSPS) is 14.0. The van der Waals surface area contributed by atoms with Gasteiger partial charge in [-0.2, -0.15) is 5.10 Å². The van der Waals surface area contributed by atoms with Crippen LogP contribution in [0.2, 0.25) is 0 Å². The Morgan fingerprint density at radius 2 is 1.90 bits per heavy atom. The Morgan fingerprint density at radius 1 is 1.12 bits per heavy atom. The smallest absolute Gasteiger partial charge is 0.409 e. The fourth-order valence-corrected chi connectivity index (χ4v) is 4.61. The van der Waals surface area contributed by atoms with Gasteiger partial charge in [0.15, 0.2) is 10.8 Å². The summed E-state index contributed by atoms with van der Waals surface area (Å²) in [4.78, 5) is 36.3. The highest BCUT2D eigenvalue weighted by Gasteiger charge is 2.31. The van der Waals surface area contributed by atoms with E-state index in [-0.39, 0.29) is 16.6 Å². The molecule has 1 aliphatic heterocycles. The van der Waals surface area contributed by atoms with Crippen LogP contribution in [0.3, 0.4) is 0 Å². The predicted molar refractivity (Wildman–Crippen MR) is 142 cm³/mol. The van der Waals surface area contributed by atoms with E-state index in [0.29, 0.717) is 47.9 Å². The summed E-state index contributed by atoms with van der Waals surface area (Å²) >= 11 is 1.11. The topological polar surface area (TPSA) is 156 Å². The van der Waals surface area contributed by atoms with E-state index >= 15 is 0 Å². The number of halogens is 3. The first-order valence-corrected chi connectivity index (χ1v) is 13.0. The number of aromatic amines is 1. The molecule has 4 heterocycles. The highest BCUT2D eigenvalue weighted by molar-refractivity contribution is 7.19. The van der Waals surface area contributed by atoms with Crippen LogP contribution < -0.4 is 25.4 Å². The van der Waals surface area contributed by atoms with E-state index in [0.717, 1.165) is 36.6 Å². The van der Waals surface area contributed by atoms with Crippen LogP contribution in [0.5, 0.6) is 11.5 Å². The van der Waals surface area contributed by atoms with Crippen LogP contribution in [0.1, 0.15) is 0 Å². The molecular weight excluding hydrogens is 569 g/mol. The number of H-pyrrole nitrogens is 1. The van der Waals surface area contributed by atoms with Crippen LogP contribution in [0, 0.1) is 0 Å². The van der Waals surface area contributed by atoms with Crippen LogP contribution in [-0.4, -0.2) is 82.9 Å². The first-order chi connectivity index (χ1) is 19.7. The summed E-state index contributed by atoms with van der Waals surface area (Å²) in [5, 5.41) is 15.2. The Labute approximate surface area is 234 Å². The average molecular weight is 593 g/mol. The number of nitrogens with one attached hydrogen (secondary N) is 4. The number of carbonyl (C=O) groups is 2. The van der Waals surface area contributed by atoms with E-state index in [1.807, 2.05) is 0 Å². The molecule has 3 amide bonds. The number of amides is 3. The number of urea groups is 1. The van der Waals surface area contributed by atoms with Crippen LogP contribution in [0.15, 0.2) is 42.7 Å². The third kappa shape index (κ3) is 7.80. The second kappa shape index (κ2) is 12.4. The summed E-state index contributed by atoms with van der Waals surface area (Å²) in [7, 11) is 0. The molecule has 4 aromatic rings. The fourth-order valence-electron chi connectivity index (χ4n) is 3.84. The first kappa shape index (κ1) is 28.1. The Bertz CT molecular complexity index is 1510. The van der Waals surface area contributed by atoms with Crippen molar-refractivity contribution in [2.75, 3.05) is 50.0 Å². The molecule has 0 atom stereocenters. The Balaban J connectivity index is 1.20. The molecule has 41 heavy (non-hydrogen) atoms. The molecule has 1 saturated heterocycles. The van der Waals surface area contributed by atoms with Crippen LogP contribution in [-0.2, 0) is 4.74 Å². The quantitative estimate of drug-likeness (QED) is 0.237. The molecule has 1 aromatic carbocycles. The zero-order chi connectivity index (χ0) is 28.8. The number of morpholine rings is 1. The van der Waals surface area contributed by atoms with Gasteiger partial charge in [-0.15, -0.1) is 13.2 Å². The van der Waals surface area contributed by atoms with Crippen molar-refractivity contribution in [2.24, 2.45) is 0 Å². The number of hydrogen-bond donors (Lipinski definition) is 4. The lowest BCUT2D eigenvalue weighted by Crippen LogP contribution is -2.41. The number of ether oxygens (including phenoxy) is 3. The molecule has 4 N–H and O–H groups in total. The third-order valence-corrected chi connectivity index (χ3v) is 6.65. The van der Waals surface area contributed by atoms with Gasteiger partial charge in [0, 0.05) is 44.1 Å².